The molecule has 22 nitrogen and oxygen atoms in total. The van der Waals surface area contributed by atoms with Crippen molar-refractivity contribution in [1.29, 1.82) is 10.5 Å². The van der Waals surface area contributed by atoms with Gasteiger partial charge in [-0.25, -0.2) is 0 Å². The first-order valence-electron chi connectivity index (χ1n) is 44.6. The average molecular weight is 2340 g/mol. The molecule has 4 aromatic carbocycles. The summed E-state index contributed by atoms with van der Waals surface area (Å²) in [6.07, 6.45) is 9.96. The number of hydrogen-bond donors (Lipinski definition) is 6. The largest absolute Gasteiger partial charge is 1.00 e. The van der Waals surface area contributed by atoms with Crippen LogP contribution in [0.4, 0.5) is 0 Å². The minimum absolute atomic E-state index is 0. The van der Waals surface area contributed by atoms with Gasteiger partial charge in [-0.2, -0.15) is 10.5 Å². The van der Waals surface area contributed by atoms with E-state index in [0.717, 1.165) is 173 Å². The second-order valence-corrected chi connectivity index (χ2v) is 30.4. The molecule has 12 rings (SSSR count). The number of ether oxygens (including phenoxy) is 2. The molecule has 4 aliphatic carbocycles. The number of rotatable bonds is 18. The van der Waals surface area contributed by atoms with Crippen molar-refractivity contribution in [2.24, 2.45) is 29.6 Å². The predicted octanol–water partition coefficient (Wildman–Crippen LogP) is 6.88. The van der Waals surface area contributed by atoms with Crippen LogP contribution < -0.4 is 200 Å². The quantitative estimate of drug-likeness (QED) is 0.0437. The number of nitrogens with zero attached hydrogens (tertiary/aromatic N) is 9. The zero-order valence-electron chi connectivity index (χ0n) is 84.3. The molecule has 6 N–H and O–H groups in total. The molecule has 4 aliphatic heterocycles. The summed E-state index contributed by atoms with van der Waals surface area (Å²) in [7, 11) is 34.8. The Bertz CT molecular complexity index is 4150. The molecular formula is C102H171B14N11O11Rb3V4. The maximum atomic E-state index is 13.0. The third-order valence-electron chi connectivity index (χ3n) is 22.8. The molecule has 25 radical (unpaired) electrons. The summed E-state index contributed by atoms with van der Waals surface area (Å²) in [4.78, 5) is 69.3. The van der Waals surface area contributed by atoms with Gasteiger partial charge in [0, 0.05) is 293 Å². The van der Waals surface area contributed by atoms with E-state index in [0.29, 0.717) is 65.3 Å². The summed E-state index contributed by atoms with van der Waals surface area (Å²) >= 11 is 0. The summed E-state index contributed by atoms with van der Waals surface area (Å²) in [5.74, 6) is 5.40. The van der Waals surface area contributed by atoms with Gasteiger partial charge in [0.2, 0.25) is 29.5 Å². The van der Waals surface area contributed by atoms with E-state index in [-0.39, 0.29) is 401 Å². The van der Waals surface area contributed by atoms with Gasteiger partial charge >= 0.3 is 182 Å². The summed E-state index contributed by atoms with van der Waals surface area (Å²) in [5.41, 5.74) is 22.9. The second-order valence-electron chi connectivity index (χ2n) is 30.4. The van der Waals surface area contributed by atoms with Crippen LogP contribution in [0, 0.1) is 52.3 Å². The van der Waals surface area contributed by atoms with E-state index in [1.807, 2.05) is 80.3 Å². The first-order valence-corrected chi connectivity index (χ1v) is 43.6. The van der Waals surface area contributed by atoms with Gasteiger partial charge in [0.25, 0.3) is 0 Å². The van der Waals surface area contributed by atoms with Crippen LogP contribution in [0.1, 0.15) is 271 Å². The third kappa shape index (κ3) is 67.5. The number of methoxy groups -OCH3 is 2. The Balaban J connectivity index is -0.0000000684. The summed E-state index contributed by atoms with van der Waals surface area (Å²) in [6.45, 7) is 38.2. The fraction of sp³-hybridized carbons (Fsp3) is 0.598. The van der Waals surface area contributed by atoms with Crippen molar-refractivity contribution < 1.29 is 304 Å². The number of amides is 5. The maximum Gasteiger partial charge on any atom is 1.00 e. The van der Waals surface area contributed by atoms with Gasteiger partial charge < -0.3 is 75.9 Å². The van der Waals surface area contributed by atoms with E-state index < -0.39 is 32.7 Å². The molecule has 12 atom stereocenters. The van der Waals surface area contributed by atoms with Crippen LogP contribution in [-0.4, -0.2) is 297 Å². The van der Waals surface area contributed by atoms with E-state index in [1.54, 1.807) is 44.6 Å². The number of nitriles is 2. The molecule has 4 heterocycles. The first kappa shape index (κ1) is 188. The van der Waals surface area contributed by atoms with E-state index >= 15 is 0 Å². The maximum absolute atomic E-state index is 13.0. The number of nitrogens with one attached hydrogen (secondary N) is 2. The number of hydrogen-bond acceptors (Lipinski definition) is 14. The number of carbonyl (C=O) groups excluding carboxylic acids is 5. The zero-order chi connectivity index (χ0) is 94.6. The molecule has 0 aromatic heterocycles. The Morgan fingerprint density at radius 2 is 0.752 bits per heavy atom. The van der Waals surface area contributed by atoms with Crippen LogP contribution in [0.15, 0.2) is 156 Å². The van der Waals surface area contributed by atoms with Crippen LogP contribution in [0.3, 0.4) is 0 Å². The molecule has 8 aliphatic rings. The van der Waals surface area contributed by atoms with E-state index in [2.05, 4.69) is 147 Å². The Labute approximate surface area is 1100 Å². The minimum atomic E-state index is -1.60. The van der Waals surface area contributed by atoms with Crippen molar-refractivity contribution >= 4 is 139 Å². The molecule has 0 bridgehead atoms. The van der Waals surface area contributed by atoms with Gasteiger partial charge in [0.15, 0.2) is 0 Å². The Kier molecular flexibility index (Phi) is 148. The normalized spacial score (nSPS) is 18.5. The fourth-order valence-corrected chi connectivity index (χ4v) is 15.5. The van der Waals surface area contributed by atoms with E-state index in [1.165, 1.54) is 57.9 Å². The molecular weight excluding hydrogens is 2170 g/mol. The number of phenols is 2. The predicted molar refractivity (Wildman–Crippen MR) is 602 cm³/mol. The molecule has 0 spiro atoms. The second kappa shape index (κ2) is 114. The number of benzene rings is 4. The van der Waals surface area contributed by atoms with Crippen LogP contribution >= 0.6 is 0 Å². The molecule has 5 amide bonds. The van der Waals surface area contributed by atoms with E-state index in [9.17, 15) is 29.1 Å². The number of piperazine rings is 4. The zero-order valence-corrected chi connectivity index (χ0v) is 104. The van der Waals surface area contributed by atoms with Crippen LogP contribution in [0.5, 0.6) is 23.0 Å². The van der Waals surface area contributed by atoms with Crippen LogP contribution in [-0.2, 0) is 98.2 Å². The van der Waals surface area contributed by atoms with Crippen LogP contribution in [0.2, 0.25) is 0 Å². The van der Waals surface area contributed by atoms with Gasteiger partial charge in [0.05, 0.1) is 26.4 Å². The molecule has 4 saturated heterocycles. The van der Waals surface area contributed by atoms with Crippen molar-refractivity contribution in [3.05, 3.63) is 189 Å². The molecule has 4 saturated carbocycles. The first-order chi connectivity index (χ1) is 60.7. The summed E-state index contributed by atoms with van der Waals surface area (Å²) in [5, 5.41) is 70.0. The van der Waals surface area contributed by atoms with Gasteiger partial charge in [0.1, 0.15) is 23.0 Å². The smallest absolute Gasteiger partial charge is 0.659 e. The SMILES string of the molecule is C.C.C.C.C.C.C.C.C.C.C=C=C=C=C=C=C=C=C=C.CC.CC#N.CC#N.CCNC(C)=O.CC[C@@H]1CNCCN1C(=O)C1CCC1c1ccccc1OC.CC[C@@H]1C[N-]CCN1C(=O)C1CCC1C.CC[C@@H]1C[N-]CCN1C(=O)C1CCC1c1ccccc1O.CC[C@@H]1C[N-]CCN1C(=O)C1CCC1c1ccccc1OC.OB(O)c1ccccc1O.[2H]C.[B].[B].[B].[B]B([B])B(B([B])[B])B([B])[B].[Rb+].[Rb+].[Rb+].[V].[V].[V].[V]. The summed E-state index contributed by atoms with van der Waals surface area (Å²) < 4.78 is 16.7. The average Bonchev–Trinajstić information content (AvgIpc) is 0.783. The number of para-hydroxylation sites is 4. The summed E-state index contributed by atoms with van der Waals surface area (Å²) in [6, 6.07) is 34.5. The molecule has 8 fully saturated rings. The van der Waals surface area contributed by atoms with Crippen molar-refractivity contribution in [3.63, 3.8) is 0 Å². The monoisotopic (exact) mass is 2340 g/mol. The van der Waals surface area contributed by atoms with Crippen molar-refractivity contribution in [3.8, 4) is 35.1 Å². The molecule has 145 heavy (non-hydrogen) atoms. The Morgan fingerprint density at radius 1 is 0.469 bits per heavy atom. The standard InChI is InChI=1S/C18H26N2O2.C18H25N2O2.C17H23N2O2.C12H21N2O.C10H4.C6H7BO3.C4H9NO.2C2H3N.C2H6.11CH4.B10.3B.3Rb.4V/c2*1-3-13-12-19-10-11-20(13)18(21)16-9-8-14(16)15-6-4-5-7-17(15)22-2;1-2-12-11-18-9-10-19(12)17(21)15-8-7-13(15)14-5-3-4-6-16(14)20;1-3-10-8-13-6-7-14(10)12(15)11-5-4-9(11)2;1-3-5-7-9-10-8-6-4-2;8-6-4-2-1-3-5(6)7(9)10;1-3-5-4(2)6;2*1-2-3;1-2;;;;;;;;;;;;1-7(2)10(8(3)4)9(5)6;;;;;;;;;;/h4-7,13-14,16,19H,3,8-12H2,1-2H3;4-7,13-14,16H,3,8-12H2,1-2H3;3-6,12-13,15,20H,2,7-11H2,1H3;9-11H,3-8H2,1-2H3;1-2H2;1-4,8-10H;3H2,1-2H3,(H,5,6);2*1H3;1-2H3;11*1H4;;;;;;;;;;;/q;3*-1;;;;;;;;;;;;;;;;;;;;;;3*+1;;;;/t2*13-,14?,16?;12-,13?,15?;9?,10-,11?;;;;;;;;;;;;;;;;;;;;;;;;;;;;/m1111............................/s1/i;;;;;;;;;;1D;;;;;;;;;;;;;;;;;;;;;. The van der Waals surface area contributed by atoms with Gasteiger partial charge in [-0.1, -0.05) is 214 Å². The number of aromatic hydroxyl groups is 2. The Hall–Kier alpha value is -1.19. The van der Waals surface area contributed by atoms with E-state index in [4.69, 9.17) is 82.9 Å². The van der Waals surface area contributed by atoms with Gasteiger partial charge in [-0.05, 0) is 196 Å². The molecule has 4 aromatic rings. The number of carbonyl (C=O) groups is 5. The molecule has 8 unspecified atom stereocenters. The molecule has 43 heteroatoms. The third-order valence-corrected chi connectivity index (χ3v) is 22.8. The Morgan fingerprint density at radius 3 is 0.986 bits per heavy atom. The van der Waals surface area contributed by atoms with Crippen LogP contribution in [0.25, 0.3) is 16.0 Å². The van der Waals surface area contributed by atoms with Crippen molar-refractivity contribution in [2.75, 3.05) is 99.3 Å². The number of phenolic OH excluding ortho intramolecular Hbond substituents is 2. The minimum Gasteiger partial charge on any atom is -0.659 e. The van der Waals surface area contributed by atoms with Gasteiger partial charge in [-0.3, -0.25) is 24.0 Å². The van der Waals surface area contributed by atoms with Gasteiger partial charge in [-0.15, -0.1) is 39.3 Å². The topological polar surface area (TPSA) is 312 Å². The van der Waals surface area contributed by atoms with Crippen molar-refractivity contribution in [1.82, 2.24) is 30.2 Å². The fourth-order valence-electron chi connectivity index (χ4n) is 15.5. The molecule has 765 valence electrons. The van der Waals surface area contributed by atoms with Crippen molar-refractivity contribution in [2.45, 2.75) is 277 Å².